The molecule has 1 aromatic carbocycles. The molecule has 0 spiro atoms. The number of fused-ring (bicyclic) bond motifs is 1. The number of hydrogen-bond donors (Lipinski definition) is 0. The van der Waals surface area contributed by atoms with Crippen LogP contribution in [0, 0.1) is 0 Å². The summed E-state index contributed by atoms with van der Waals surface area (Å²) in [6.45, 7) is 4.91. The highest BCUT2D eigenvalue weighted by atomic mass is 32.2. The molecule has 7 nitrogen and oxygen atoms in total. The molecule has 2 heterocycles. The number of hydrogen-bond acceptors (Lipinski definition) is 8. The molecule has 0 amide bonds. The van der Waals surface area contributed by atoms with Crippen LogP contribution in [-0.4, -0.2) is 52.3 Å². The van der Waals surface area contributed by atoms with Gasteiger partial charge in [-0.05, 0) is 30.9 Å². The lowest BCUT2D eigenvalue weighted by Gasteiger charge is -2.11. The van der Waals surface area contributed by atoms with E-state index in [9.17, 15) is 8.42 Å². The van der Waals surface area contributed by atoms with Gasteiger partial charge in [0.25, 0.3) is 0 Å². The first-order valence-electron chi connectivity index (χ1n) is 8.37. The first-order chi connectivity index (χ1) is 12.9. The Morgan fingerprint density at radius 1 is 1.15 bits per heavy atom. The van der Waals surface area contributed by atoms with Crippen LogP contribution < -0.4 is 0 Å². The maximum absolute atomic E-state index is 12.4. The summed E-state index contributed by atoms with van der Waals surface area (Å²) in [6.07, 6.45) is 0. The smallest absolute Gasteiger partial charge is 0.242 e. The molecule has 0 bridgehead atoms. The number of nitrogens with zero attached hydrogens (tertiary/aromatic N) is 5. The number of imidazole rings is 1. The van der Waals surface area contributed by atoms with Gasteiger partial charge in [0.15, 0.2) is 8.68 Å². The average molecular weight is 444 g/mol. The highest BCUT2D eigenvalue weighted by molar-refractivity contribution is 8.02. The quantitative estimate of drug-likeness (QED) is 0.492. The first kappa shape index (κ1) is 20.6. The standard InChI is InChI=1S/C16H21N5O2S4/c1-5-21-13-8-7-11(27(22,23)20(3)4)9-12(13)17-14(21)10-25-16-19-18-15(26-16)24-6-2/h7-9H,5-6,10H2,1-4H3. The monoisotopic (exact) mass is 443 g/mol. The lowest BCUT2D eigenvalue weighted by Crippen LogP contribution is -2.22. The molecule has 3 aromatic rings. The summed E-state index contributed by atoms with van der Waals surface area (Å²) in [5.41, 5.74) is 1.63. The van der Waals surface area contributed by atoms with Crippen LogP contribution >= 0.6 is 34.9 Å². The Labute approximate surface area is 171 Å². The molecule has 0 saturated heterocycles. The number of thioether (sulfide) groups is 2. The Morgan fingerprint density at radius 2 is 1.85 bits per heavy atom. The van der Waals surface area contributed by atoms with Gasteiger partial charge in [-0.25, -0.2) is 17.7 Å². The molecule has 3 rings (SSSR count). The second-order valence-electron chi connectivity index (χ2n) is 5.77. The molecule has 0 atom stereocenters. The number of rotatable bonds is 8. The average Bonchev–Trinajstić information content (AvgIpc) is 3.22. The van der Waals surface area contributed by atoms with Crippen LogP contribution in [0.5, 0.6) is 0 Å². The van der Waals surface area contributed by atoms with Crippen LogP contribution in [0.4, 0.5) is 0 Å². The van der Waals surface area contributed by atoms with Crippen LogP contribution in [0.2, 0.25) is 0 Å². The molecule has 0 radical (unpaired) electrons. The fraction of sp³-hybridized carbons (Fsp3) is 0.438. The molecule has 0 saturated carbocycles. The predicted octanol–water partition coefficient (Wildman–Crippen LogP) is 3.56. The van der Waals surface area contributed by atoms with Crippen molar-refractivity contribution >= 4 is 55.9 Å². The Balaban J connectivity index is 1.88. The molecular formula is C16H21N5O2S4. The number of aryl methyl sites for hydroxylation is 1. The van der Waals surface area contributed by atoms with Crippen LogP contribution in [0.3, 0.4) is 0 Å². The minimum atomic E-state index is -3.48. The number of benzene rings is 1. The normalized spacial score (nSPS) is 12.3. The summed E-state index contributed by atoms with van der Waals surface area (Å²) in [6, 6.07) is 5.12. The fourth-order valence-corrected chi connectivity index (χ4v) is 6.34. The van der Waals surface area contributed by atoms with E-state index >= 15 is 0 Å². The Bertz CT molecular complexity index is 1040. The van der Waals surface area contributed by atoms with Gasteiger partial charge in [-0.1, -0.05) is 41.8 Å². The summed E-state index contributed by atoms with van der Waals surface area (Å²) in [4.78, 5) is 4.94. The molecule has 11 heteroatoms. The third kappa shape index (κ3) is 4.32. The lowest BCUT2D eigenvalue weighted by molar-refractivity contribution is 0.521. The zero-order valence-electron chi connectivity index (χ0n) is 15.5. The fourth-order valence-electron chi connectivity index (χ4n) is 2.56. The maximum Gasteiger partial charge on any atom is 0.242 e. The van der Waals surface area contributed by atoms with Crippen LogP contribution in [-0.2, 0) is 22.3 Å². The van der Waals surface area contributed by atoms with Gasteiger partial charge in [0.05, 0.1) is 21.7 Å². The van der Waals surface area contributed by atoms with E-state index in [1.807, 2.05) is 6.07 Å². The Kier molecular flexibility index (Phi) is 6.46. The van der Waals surface area contributed by atoms with Gasteiger partial charge >= 0.3 is 0 Å². The zero-order valence-corrected chi connectivity index (χ0v) is 18.8. The van der Waals surface area contributed by atoms with Crippen molar-refractivity contribution in [2.24, 2.45) is 0 Å². The van der Waals surface area contributed by atoms with Gasteiger partial charge in [0, 0.05) is 20.6 Å². The molecule has 0 aliphatic rings. The lowest BCUT2D eigenvalue weighted by atomic mass is 10.3. The Morgan fingerprint density at radius 3 is 2.48 bits per heavy atom. The van der Waals surface area contributed by atoms with Crippen molar-refractivity contribution < 1.29 is 8.42 Å². The van der Waals surface area contributed by atoms with Crippen molar-refractivity contribution in [1.82, 2.24) is 24.1 Å². The van der Waals surface area contributed by atoms with E-state index < -0.39 is 10.0 Å². The van der Waals surface area contributed by atoms with Gasteiger partial charge in [0.2, 0.25) is 10.0 Å². The zero-order chi connectivity index (χ0) is 19.6. The van der Waals surface area contributed by atoms with Crippen molar-refractivity contribution in [2.75, 3.05) is 19.8 Å². The first-order valence-corrected chi connectivity index (χ1v) is 12.6. The molecular weight excluding hydrogens is 422 g/mol. The summed E-state index contributed by atoms with van der Waals surface area (Å²) in [5.74, 6) is 2.53. The van der Waals surface area contributed by atoms with Crippen LogP contribution in [0.15, 0.2) is 31.8 Å². The minimum absolute atomic E-state index is 0.255. The van der Waals surface area contributed by atoms with Crippen LogP contribution in [0.1, 0.15) is 19.7 Å². The van der Waals surface area contributed by atoms with Gasteiger partial charge < -0.3 is 4.57 Å². The van der Waals surface area contributed by atoms with Gasteiger partial charge in [0.1, 0.15) is 5.82 Å². The maximum atomic E-state index is 12.4. The van der Waals surface area contributed by atoms with Crippen molar-refractivity contribution in [3.05, 3.63) is 24.0 Å². The second-order valence-corrected chi connectivity index (χ2v) is 11.6. The van der Waals surface area contributed by atoms with Gasteiger partial charge in [-0.3, -0.25) is 0 Å². The van der Waals surface area contributed by atoms with Crippen molar-refractivity contribution in [3.8, 4) is 0 Å². The van der Waals surface area contributed by atoms with E-state index in [1.54, 1.807) is 47.0 Å². The molecule has 0 N–H and O–H groups in total. The molecule has 146 valence electrons. The SMILES string of the molecule is CCSc1nnc(SCc2nc3cc(S(=O)(=O)N(C)C)ccc3n2CC)s1. The summed E-state index contributed by atoms with van der Waals surface area (Å²) >= 11 is 4.87. The van der Waals surface area contributed by atoms with Crippen molar-refractivity contribution in [1.29, 1.82) is 0 Å². The number of aromatic nitrogens is 4. The molecule has 27 heavy (non-hydrogen) atoms. The summed E-state index contributed by atoms with van der Waals surface area (Å²) in [7, 11) is -0.422. The summed E-state index contributed by atoms with van der Waals surface area (Å²) < 4.78 is 30.0. The molecule has 0 aliphatic heterocycles. The largest absolute Gasteiger partial charge is 0.328 e. The molecule has 0 unspecified atom stereocenters. The van der Waals surface area contributed by atoms with E-state index in [4.69, 9.17) is 0 Å². The van der Waals surface area contributed by atoms with Gasteiger partial charge in [-0.15, -0.1) is 10.2 Å². The molecule has 0 fully saturated rings. The third-order valence-corrected chi connectivity index (χ3v) is 8.75. The van der Waals surface area contributed by atoms with Crippen molar-refractivity contribution in [2.45, 2.75) is 39.7 Å². The van der Waals surface area contributed by atoms with Crippen molar-refractivity contribution in [3.63, 3.8) is 0 Å². The number of sulfonamides is 1. The van der Waals surface area contributed by atoms with Gasteiger partial charge in [-0.2, -0.15) is 0 Å². The highest BCUT2D eigenvalue weighted by Gasteiger charge is 2.19. The highest BCUT2D eigenvalue weighted by Crippen LogP contribution is 2.31. The molecule has 0 aliphatic carbocycles. The van der Waals surface area contributed by atoms with Crippen LogP contribution in [0.25, 0.3) is 11.0 Å². The van der Waals surface area contributed by atoms with E-state index in [0.717, 1.165) is 32.3 Å². The Hall–Kier alpha value is -1.14. The molecule has 2 aromatic heterocycles. The second kappa shape index (κ2) is 8.48. The predicted molar refractivity (Wildman–Crippen MR) is 112 cm³/mol. The van der Waals surface area contributed by atoms with E-state index in [2.05, 4.69) is 33.6 Å². The topological polar surface area (TPSA) is 81.0 Å². The van der Waals surface area contributed by atoms with E-state index in [-0.39, 0.29) is 4.90 Å². The third-order valence-electron chi connectivity index (χ3n) is 3.87. The van der Waals surface area contributed by atoms with E-state index in [1.165, 1.54) is 18.4 Å². The van der Waals surface area contributed by atoms with E-state index in [0.29, 0.717) is 11.3 Å². The minimum Gasteiger partial charge on any atom is -0.328 e. The summed E-state index contributed by atoms with van der Waals surface area (Å²) in [5, 5.41) is 8.38.